The van der Waals surface area contributed by atoms with E-state index in [-0.39, 0.29) is 0 Å². The normalized spacial score (nSPS) is 14.6. The van der Waals surface area contributed by atoms with Crippen LogP contribution in [0.3, 0.4) is 0 Å². The van der Waals surface area contributed by atoms with Crippen LogP contribution in [0.5, 0.6) is 0 Å². The fraction of sp³-hybridized carbons (Fsp3) is 0.692. The van der Waals surface area contributed by atoms with Crippen molar-refractivity contribution in [1.29, 1.82) is 0 Å². The van der Waals surface area contributed by atoms with E-state index in [2.05, 4.69) is 5.32 Å². The highest BCUT2D eigenvalue weighted by molar-refractivity contribution is 7.92. The van der Waals surface area contributed by atoms with E-state index in [4.69, 9.17) is 9.15 Å². The van der Waals surface area contributed by atoms with E-state index >= 15 is 0 Å². The van der Waals surface area contributed by atoms with E-state index in [1.165, 1.54) is 6.26 Å². The molecule has 0 aliphatic carbocycles. The molecule has 0 aromatic carbocycles. The maximum Gasteiger partial charge on any atom is 0.154 e. The number of furan rings is 1. The van der Waals surface area contributed by atoms with Crippen molar-refractivity contribution >= 4 is 9.84 Å². The van der Waals surface area contributed by atoms with Gasteiger partial charge in [0.1, 0.15) is 18.1 Å². The Balaban J connectivity index is 3.12. The van der Waals surface area contributed by atoms with Crippen molar-refractivity contribution in [3.05, 3.63) is 23.7 Å². The predicted molar refractivity (Wildman–Crippen MR) is 74.8 cm³/mol. The summed E-state index contributed by atoms with van der Waals surface area (Å²) in [5.41, 5.74) is 0. The Morgan fingerprint density at radius 2 is 2.05 bits per heavy atom. The van der Waals surface area contributed by atoms with E-state index < -0.39 is 20.6 Å². The maximum absolute atomic E-state index is 12.0. The minimum Gasteiger partial charge on any atom is -0.462 e. The van der Waals surface area contributed by atoms with Crippen LogP contribution in [-0.4, -0.2) is 33.1 Å². The number of nitrogens with one attached hydrogen (secondary N) is 1. The third-order valence-corrected chi connectivity index (χ3v) is 5.46. The molecule has 110 valence electrons. The standard InChI is InChI=1S/C13H23NO4S/c1-6-14-12(13(2,3)19(5,15)16)11-8-7-10(18-11)9-17-4/h7-8,12,14H,6,9H2,1-5H3. The number of hydrogen-bond acceptors (Lipinski definition) is 5. The molecule has 0 amide bonds. The van der Waals surface area contributed by atoms with Crippen LogP contribution >= 0.6 is 0 Å². The number of hydrogen-bond donors (Lipinski definition) is 1. The quantitative estimate of drug-likeness (QED) is 0.830. The molecule has 5 nitrogen and oxygen atoms in total. The summed E-state index contributed by atoms with van der Waals surface area (Å²) in [5.74, 6) is 1.30. The van der Waals surface area contributed by atoms with Crippen LogP contribution < -0.4 is 5.32 Å². The summed E-state index contributed by atoms with van der Waals surface area (Å²) in [6.07, 6.45) is 1.25. The van der Waals surface area contributed by atoms with Gasteiger partial charge in [-0.1, -0.05) is 6.92 Å². The van der Waals surface area contributed by atoms with Gasteiger partial charge >= 0.3 is 0 Å². The van der Waals surface area contributed by atoms with Crippen LogP contribution in [0.2, 0.25) is 0 Å². The van der Waals surface area contributed by atoms with Crippen LogP contribution in [-0.2, 0) is 21.2 Å². The number of ether oxygens (including phenoxy) is 1. The first-order valence-corrected chi connectivity index (χ1v) is 8.13. The Bertz CT molecular complexity index is 504. The third-order valence-electron chi connectivity index (χ3n) is 3.31. The van der Waals surface area contributed by atoms with Gasteiger partial charge in [-0.3, -0.25) is 0 Å². The second kappa shape index (κ2) is 6.07. The molecule has 6 heteroatoms. The molecular weight excluding hydrogens is 266 g/mol. The highest BCUT2D eigenvalue weighted by Gasteiger charge is 2.41. The second-order valence-corrected chi connectivity index (χ2v) is 7.70. The summed E-state index contributed by atoms with van der Waals surface area (Å²) in [7, 11) is -1.64. The lowest BCUT2D eigenvalue weighted by molar-refractivity contribution is 0.160. The molecule has 0 aliphatic heterocycles. The largest absolute Gasteiger partial charge is 0.462 e. The maximum atomic E-state index is 12.0. The molecule has 0 fully saturated rings. The van der Waals surface area contributed by atoms with E-state index in [9.17, 15) is 8.42 Å². The summed E-state index contributed by atoms with van der Waals surface area (Å²) in [6, 6.07) is 3.22. The highest BCUT2D eigenvalue weighted by Crippen LogP contribution is 2.33. The highest BCUT2D eigenvalue weighted by atomic mass is 32.2. The summed E-state index contributed by atoms with van der Waals surface area (Å²) < 4.78 is 33.7. The summed E-state index contributed by atoms with van der Waals surface area (Å²) >= 11 is 0. The molecule has 1 heterocycles. The zero-order valence-electron chi connectivity index (χ0n) is 12.2. The zero-order valence-corrected chi connectivity index (χ0v) is 13.0. The lowest BCUT2D eigenvalue weighted by Crippen LogP contribution is -2.44. The van der Waals surface area contributed by atoms with Crippen molar-refractivity contribution in [3.63, 3.8) is 0 Å². The topological polar surface area (TPSA) is 68.5 Å². The van der Waals surface area contributed by atoms with Gasteiger partial charge < -0.3 is 14.5 Å². The smallest absolute Gasteiger partial charge is 0.154 e. The number of methoxy groups -OCH3 is 1. The first-order valence-electron chi connectivity index (χ1n) is 6.24. The molecule has 0 bridgehead atoms. The van der Waals surface area contributed by atoms with Gasteiger partial charge in [0.15, 0.2) is 9.84 Å². The molecule has 1 rings (SSSR count). The van der Waals surface area contributed by atoms with Crippen LogP contribution in [0.4, 0.5) is 0 Å². The number of rotatable bonds is 7. The van der Waals surface area contributed by atoms with Crippen LogP contribution in [0.15, 0.2) is 16.5 Å². The Morgan fingerprint density at radius 3 is 2.53 bits per heavy atom. The monoisotopic (exact) mass is 289 g/mol. The fourth-order valence-electron chi connectivity index (χ4n) is 1.88. The Kier molecular flexibility index (Phi) is 5.18. The molecule has 0 aliphatic rings. The van der Waals surface area contributed by atoms with Gasteiger partial charge in [-0.2, -0.15) is 0 Å². The summed E-state index contributed by atoms with van der Waals surface area (Å²) in [6.45, 7) is 6.37. The van der Waals surface area contributed by atoms with Crippen molar-refractivity contribution in [2.75, 3.05) is 19.9 Å². The van der Waals surface area contributed by atoms with Gasteiger partial charge in [0, 0.05) is 13.4 Å². The van der Waals surface area contributed by atoms with Crippen LogP contribution in [0.25, 0.3) is 0 Å². The van der Waals surface area contributed by atoms with Crippen molar-refractivity contribution in [2.45, 2.75) is 38.2 Å². The minimum atomic E-state index is -3.23. The van der Waals surface area contributed by atoms with Crippen molar-refractivity contribution in [3.8, 4) is 0 Å². The predicted octanol–water partition coefficient (Wildman–Crippen LogP) is 1.90. The molecule has 1 atom stereocenters. The third kappa shape index (κ3) is 3.58. The van der Waals surface area contributed by atoms with Crippen LogP contribution in [0, 0.1) is 0 Å². The van der Waals surface area contributed by atoms with Gasteiger partial charge in [-0.25, -0.2) is 8.42 Å². The molecule has 19 heavy (non-hydrogen) atoms. The molecule has 1 unspecified atom stereocenters. The van der Waals surface area contributed by atoms with E-state index in [1.54, 1.807) is 27.0 Å². The average Bonchev–Trinajstić information content (AvgIpc) is 2.73. The van der Waals surface area contributed by atoms with Gasteiger partial charge in [-0.15, -0.1) is 0 Å². The molecule has 0 spiro atoms. The Hall–Kier alpha value is -0.850. The van der Waals surface area contributed by atoms with Crippen molar-refractivity contribution < 1.29 is 17.6 Å². The van der Waals surface area contributed by atoms with E-state index in [1.807, 2.05) is 13.0 Å². The van der Waals surface area contributed by atoms with Crippen LogP contribution in [0.1, 0.15) is 38.3 Å². The number of sulfone groups is 1. The first-order chi connectivity index (χ1) is 8.74. The van der Waals surface area contributed by atoms with Gasteiger partial charge in [0.25, 0.3) is 0 Å². The van der Waals surface area contributed by atoms with Gasteiger partial charge in [-0.05, 0) is 32.5 Å². The first kappa shape index (κ1) is 16.2. The molecule has 1 aromatic heterocycles. The molecule has 1 N–H and O–H groups in total. The summed E-state index contributed by atoms with van der Waals surface area (Å²) in [4.78, 5) is 0. The Labute approximate surface area is 115 Å². The van der Waals surface area contributed by atoms with Crippen molar-refractivity contribution in [1.82, 2.24) is 5.32 Å². The lowest BCUT2D eigenvalue weighted by atomic mass is 10.0. The van der Waals surface area contributed by atoms with E-state index in [0.29, 0.717) is 24.7 Å². The SMILES string of the molecule is CCNC(c1ccc(COC)o1)C(C)(C)S(C)(=O)=O. The van der Waals surface area contributed by atoms with E-state index in [0.717, 1.165) is 0 Å². The van der Waals surface area contributed by atoms with Gasteiger partial charge in [0.05, 0.1) is 10.8 Å². The average molecular weight is 289 g/mol. The zero-order chi connectivity index (χ0) is 14.7. The molecule has 0 saturated heterocycles. The lowest BCUT2D eigenvalue weighted by Gasteiger charge is -2.31. The fourth-order valence-corrected chi connectivity index (χ4v) is 2.50. The molecule has 0 saturated carbocycles. The molecular formula is C13H23NO4S. The Morgan fingerprint density at radius 1 is 1.42 bits per heavy atom. The van der Waals surface area contributed by atoms with Crippen molar-refractivity contribution in [2.24, 2.45) is 0 Å². The summed E-state index contributed by atoms with van der Waals surface area (Å²) in [5, 5.41) is 3.19. The van der Waals surface area contributed by atoms with Gasteiger partial charge in [0.2, 0.25) is 0 Å². The molecule has 1 aromatic rings. The molecule has 0 radical (unpaired) electrons. The minimum absolute atomic E-state index is 0.373. The second-order valence-electron chi connectivity index (χ2n) is 5.10.